The lowest BCUT2D eigenvalue weighted by atomic mass is 10.1. The van der Waals surface area contributed by atoms with Crippen molar-refractivity contribution in [3.63, 3.8) is 0 Å². The Balaban J connectivity index is 0.00000261. The highest BCUT2D eigenvalue weighted by atomic mass is 35.5. The van der Waals surface area contributed by atoms with E-state index in [0.717, 1.165) is 0 Å². The van der Waals surface area contributed by atoms with E-state index in [0.29, 0.717) is 27.7 Å². The first-order valence-corrected chi connectivity index (χ1v) is 8.52. The molecule has 7 heteroatoms. The van der Waals surface area contributed by atoms with Gasteiger partial charge < -0.3 is 24.7 Å². The Morgan fingerprint density at radius 2 is 1.85 bits per heavy atom. The molecule has 27 heavy (non-hydrogen) atoms. The molecular weight excluding hydrogens is 370 g/mol. The van der Waals surface area contributed by atoms with Gasteiger partial charge in [-0.3, -0.25) is 4.79 Å². The van der Waals surface area contributed by atoms with Crippen LogP contribution in [0.1, 0.15) is 13.8 Å². The van der Waals surface area contributed by atoms with Gasteiger partial charge in [0.05, 0.1) is 17.4 Å². The van der Waals surface area contributed by atoms with Gasteiger partial charge in [-0.15, -0.1) is 12.4 Å². The van der Waals surface area contributed by atoms with E-state index in [1.165, 1.54) is 0 Å². The van der Waals surface area contributed by atoms with Crippen LogP contribution < -0.4 is 15.5 Å². The van der Waals surface area contributed by atoms with E-state index in [4.69, 9.17) is 9.15 Å². The van der Waals surface area contributed by atoms with Gasteiger partial charge in [-0.1, -0.05) is 12.1 Å². The first kappa shape index (κ1) is 21.2. The van der Waals surface area contributed by atoms with Gasteiger partial charge in [0.2, 0.25) is 5.43 Å². The highest BCUT2D eigenvalue weighted by Gasteiger charge is 2.17. The molecule has 6 nitrogen and oxygen atoms in total. The van der Waals surface area contributed by atoms with Gasteiger partial charge in [-0.05, 0) is 44.2 Å². The molecule has 1 unspecified atom stereocenters. The van der Waals surface area contributed by atoms with Crippen molar-refractivity contribution in [2.45, 2.75) is 25.5 Å². The second kappa shape index (κ2) is 8.71. The molecule has 3 rings (SSSR count). The fourth-order valence-corrected chi connectivity index (χ4v) is 2.57. The average Bonchev–Trinajstić information content (AvgIpc) is 2.65. The van der Waals surface area contributed by atoms with Gasteiger partial charge >= 0.3 is 0 Å². The molecule has 0 aliphatic rings. The third kappa shape index (κ3) is 4.99. The van der Waals surface area contributed by atoms with Crippen LogP contribution in [0, 0.1) is 0 Å². The third-order valence-electron chi connectivity index (χ3n) is 4.20. The summed E-state index contributed by atoms with van der Waals surface area (Å²) in [7, 11) is 0. The highest BCUT2D eigenvalue weighted by Crippen LogP contribution is 2.22. The number of nitrogens with one attached hydrogen (secondary N) is 1. The molecule has 0 bridgehead atoms. The van der Waals surface area contributed by atoms with Gasteiger partial charge in [0.1, 0.15) is 29.6 Å². The van der Waals surface area contributed by atoms with Gasteiger partial charge in [-0.2, -0.15) is 0 Å². The van der Waals surface area contributed by atoms with Gasteiger partial charge in [0.25, 0.3) is 0 Å². The zero-order valence-electron chi connectivity index (χ0n) is 15.3. The van der Waals surface area contributed by atoms with E-state index >= 15 is 0 Å². The summed E-state index contributed by atoms with van der Waals surface area (Å²) in [6.45, 7) is 4.00. The zero-order valence-corrected chi connectivity index (χ0v) is 16.1. The Kier molecular flexibility index (Phi) is 6.84. The molecule has 0 amide bonds. The summed E-state index contributed by atoms with van der Waals surface area (Å²) in [6, 6.07) is 12.1. The third-order valence-corrected chi connectivity index (χ3v) is 4.20. The molecule has 0 fully saturated rings. The molecule has 1 aromatic heterocycles. The number of aliphatic hydroxyl groups is 2. The zero-order chi connectivity index (χ0) is 18.7. The molecule has 0 aliphatic heterocycles. The molecule has 1 heterocycles. The summed E-state index contributed by atoms with van der Waals surface area (Å²) in [5.41, 5.74) is 0.461. The molecule has 0 spiro atoms. The number of hydrogen-bond acceptors (Lipinski definition) is 6. The maximum atomic E-state index is 12.6. The summed E-state index contributed by atoms with van der Waals surface area (Å²) in [4.78, 5) is 12.6. The van der Waals surface area contributed by atoms with E-state index < -0.39 is 11.6 Å². The predicted molar refractivity (Wildman–Crippen MR) is 108 cm³/mol. The van der Waals surface area contributed by atoms with Crippen LogP contribution in [0.25, 0.3) is 21.9 Å². The number of fused-ring (bicyclic) bond motifs is 2. The minimum atomic E-state index is -0.746. The average molecular weight is 394 g/mol. The summed E-state index contributed by atoms with van der Waals surface area (Å²) < 4.78 is 11.4. The van der Waals surface area contributed by atoms with E-state index in [-0.39, 0.29) is 37.6 Å². The topological polar surface area (TPSA) is 91.9 Å². The second-order valence-electron chi connectivity index (χ2n) is 6.97. The van der Waals surface area contributed by atoms with Crippen LogP contribution in [0.15, 0.2) is 51.7 Å². The number of aliphatic hydroxyl groups excluding tert-OH is 2. The smallest absolute Gasteiger partial charge is 0.200 e. The number of benzene rings is 2. The highest BCUT2D eigenvalue weighted by molar-refractivity contribution is 5.90. The van der Waals surface area contributed by atoms with Crippen LogP contribution in [-0.4, -0.2) is 41.6 Å². The molecule has 1 atom stereocenters. The number of ether oxygens (including phenoxy) is 1. The van der Waals surface area contributed by atoms with Crippen molar-refractivity contribution in [2.24, 2.45) is 0 Å². The Bertz CT molecular complexity index is 969. The largest absolute Gasteiger partial charge is 0.491 e. The minimum Gasteiger partial charge on any atom is -0.491 e. The van der Waals surface area contributed by atoms with Crippen molar-refractivity contribution < 1.29 is 19.4 Å². The monoisotopic (exact) mass is 393 g/mol. The maximum Gasteiger partial charge on any atom is 0.200 e. The van der Waals surface area contributed by atoms with Crippen LogP contribution in [0.4, 0.5) is 0 Å². The molecule has 0 saturated heterocycles. The lowest BCUT2D eigenvalue weighted by molar-refractivity contribution is 0.0907. The van der Waals surface area contributed by atoms with E-state index in [2.05, 4.69) is 5.32 Å². The van der Waals surface area contributed by atoms with Crippen LogP contribution in [0.3, 0.4) is 0 Å². The summed E-state index contributed by atoms with van der Waals surface area (Å²) >= 11 is 0. The fourth-order valence-electron chi connectivity index (χ4n) is 2.57. The second-order valence-corrected chi connectivity index (χ2v) is 6.97. The number of hydrogen-bond donors (Lipinski definition) is 3. The number of rotatable bonds is 7. The summed E-state index contributed by atoms with van der Waals surface area (Å²) in [5.74, 6) is 0.487. The molecule has 3 N–H and O–H groups in total. The maximum absolute atomic E-state index is 12.6. The quantitative estimate of drug-likeness (QED) is 0.534. The van der Waals surface area contributed by atoms with E-state index in [1.807, 2.05) is 19.9 Å². The molecule has 0 radical (unpaired) electrons. The molecule has 0 saturated carbocycles. The number of β-amino-alcohol motifs (C(OH)–C–C–N with tert-alkyl or cyclic N) is 1. The van der Waals surface area contributed by atoms with Crippen LogP contribution in [0.5, 0.6) is 5.75 Å². The van der Waals surface area contributed by atoms with Crippen molar-refractivity contribution in [1.82, 2.24) is 5.32 Å². The Hall–Kier alpha value is -2.12. The standard InChI is InChI=1S/C20H23NO5.ClH/c1-20(2,12-22)21-10-13(23)11-25-14-7-8-18-16(9-14)19(24)15-5-3-4-6-17(15)26-18;/h3-9,13,21-23H,10-12H2,1-2H3;1H. The summed E-state index contributed by atoms with van der Waals surface area (Å²) in [5, 5.41) is 23.3. The first-order valence-electron chi connectivity index (χ1n) is 8.52. The Labute approximate surface area is 163 Å². The SMILES string of the molecule is CC(C)(CO)NCC(O)COc1ccc2oc3ccccc3c(=O)c2c1.Cl. The van der Waals surface area contributed by atoms with E-state index in [1.54, 1.807) is 36.4 Å². The molecular formula is C20H24ClNO5. The van der Waals surface area contributed by atoms with Crippen molar-refractivity contribution in [3.8, 4) is 5.75 Å². The van der Waals surface area contributed by atoms with Gasteiger partial charge in [0, 0.05) is 12.1 Å². The van der Waals surface area contributed by atoms with Crippen LogP contribution >= 0.6 is 12.4 Å². The van der Waals surface area contributed by atoms with Crippen molar-refractivity contribution in [1.29, 1.82) is 0 Å². The number of para-hydroxylation sites is 1. The summed E-state index contributed by atoms with van der Waals surface area (Å²) in [6.07, 6.45) is -0.746. The Morgan fingerprint density at radius 3 is 2.59 bits per heavy atom. The molecule has 146 valence electrons. The number of halogens is 1. The van der Waals surface area contributed by atoms with Crippen molar-refractivity contribution in [3.05, 3.63) is 52.7 Å². The van der Waals surface area contributed by atoms with Crippen molar-refractivity contribution >= 4 is 34.3 Å². The van der Waals surface area contributed by atoms with Gasteiger partial charge in [0.15, 0.2) is 0 Å². The van der Waals surface area contributed by atoms with E-state index in [9.17, 15) is 15.0 Å². The Morgan fingerprint density at radius 1 is 1.15 bits per heavy atom. The normalized spacial score (nSPS) is 12.7. The molecule has 2 aromatic carbocycles. The van der Waals surface area contributed by atoms with Crippen LogP contribution in [0.2, 0.25) is 0 Å². The lowest BCUT2D eigenvalue weighted by Gasteiger charge is -2.25. The van der Waals surface area contributed by atoms with Crippen molar-refractivity contribution in [2.75, 3.05) is 19.8 Å². The molecule has 3 aromatic rings. The first-order chi connectivity index (χ1) is 12.4. The lowest BCUT2D eigenvalue weighted by Crippen LogP contribution is -2.47. The molecule has 0 aliphatic carbocycles. The van der Waals surface area contributed by atoms with Crippen LogP contribution in [-0.2, 0) is 0 Å². The van der Waals surface area contributed by atoms with Gasteiger partial charge in [-0.25, -0.2) is 0 Å². The fraction of sp³-hybridized carbons (Fsp3) is 0.350. The predicted octanol–water partition coefficient (Wildman–Crippen LogP) is 2.47. The minimum absolute atomic E-state index is 0.